The molecule has 0 aliphatic carbocycles. The normalized spacial score (nSPS) is 18.4. The standard InChI is InChI=1S/C25H26F2N2O3S/c1-28(13-17-9-10-32-16-17)25(30)24-12-22(33-21-6-4-20(31-2)5-7-21)15-29(24)14-18-11-19(26)3-8-23(18)27/h3-11,16,22,24H,12-15H2,1-2H3/t22-,24+/m1/s1. The van der Waals surface area contributed by atoms with E-state index in [-0.39, 0.29) is 23.3 Å². The Morgan fingerprint density at radius 2 is 2.00 bits per heavy atom. The monoisotopic (exact) mass is 472 g/mol. The summed E-state index contributed by atoms with van der Waals surface area (Å²) in [6.07, 6.45) is 3.80. The average molecular weight is 473 g/mol. The molecule has 2 atom stereocenters. The molecule has 2 aromatic carbocycles. The van der Waals surface area contributed by atoms with E-state index in [2.05, 4.69) is 0 Å². The smallest absolute Gasteiger partial charge is 0.240 e. The molecule has 0 N–H and O–H groups in total. The predicted octanol–water partition coefficient (Wildman–Crippen LogP) is 4.96. The van der Waals surface area contributed by atoms with Crippen molar-refractivity contribution in [2.24, 2.45) is 0 Å². The Bertz CT molecular complexity index is 1080. The lowest BCUT2D eigenvalue weighted by Crippen LogP contribution is -2.43. The first kappa shape index (κ1) is 23.3. The Hall–Kier alpha value is -2.84. The summed E-state index contributed by atoms with van der Waals surface area (Å²) in [5.41, 5.74) is 1.15. The molecule has 0 saturated carbocycles. The number of benzene rings is 2. The zero-order valence-corrected chi connectivity index (χ0v) is 19.4. The molecule has 174 valence electrons. The fraction of sp³-hybridized carbons (Fsp3) is 0.320. The maximum atomic E-state index is 14.4. The van der Waals surface area contributed by atoms with Gasteiger partial charge in [0.05, 0.1) is 25.7 Å². The number of carbonyl (C=O) groups excluding carboxylic acids is 1. The number of furan rings is 1. The zero-order valence-electron chi connectivity index (χ0n) is 18.5. The average Bonchev–Trinajstić information content (AvgIpc) is 3.46. The van der Waals surface area contributed by atoms with Crippen molar-refractivity contribution in [2.75, 3.05) is 20.7 Å². The number of methoxy groups -OCH3 is 1. The minimum Gasteiger partial charge on any atom is -0.497 e. The van der Waals surface area contributed by atoms with Crippen molar-refractivity contribution >= 4 is 17.7 Å². The summed E-state index contributed by atoms with van der Waals surface area (Å²) >= 11 is 1.68. The van der Waals surface area contributed by atoms with E-state index >= 15 is 0 Å². The molecule has 5 nitrogen and oxygen atoms in total. The number of thioether (sulfide) groups is 1. The minimum absolute atomic E-state index is 0.0501. The Balaban J connectivity index is 1.51. The van der Waals surface area contributed by atoms with Crippen LogP contribution in [0.3, 0.4) is 0 Å². The van der Waals surface area contributed by atoms with Crippen LogP contribution in [0.1, 0.15) is 17.5 Å². The van der Waals surface area contributed by atoms with Gasteiger partial charge in [-0.05, 0) is 55.0 Å². The first-order valence-corrected chi connectivity index (χ1v) is 11.6. The van der Waals surface area contributed by atoms with Gasteiger partial charge in [0.25, 0.3) is 0 Å². The number of carbonyl (C=O) groups is 1. The first-order valence-electron chi connectivity index (χ1n) is 10.7. The summed E-state index contributed by atoms with van der Waals surface area (Å²) in [5.74, 6) is -0.232. The molecule has 1 saturated heterocycles. The maximum Gasteiger partial charge on any atom is 0.240 e. The van der Waals surface area contributed by atoms with Gasteiger partial charge in [-0.2, -0.15) is 0 Å². The summed E-state index contributed by atoms with van der Waals surface area (Å²) in [6, 6.07) is 12.6. The fourth-order valence-electron chi connectivity index (χ4n) is 4.10. The van der Waals surface area contributed by atoms with Crippen LogP contribution in [0.25, 0.3) is 0 Å². The fourth-order valence-corrected chi connectivity index (χ4v) is 5.32. The van der Waals surface area contributed by atoms with E-state index in [4.69, 9.17) is 9.15 Å². The SMILES string of the molecule is COc1ccc(S[C@@H]2C[C@@H](C(=O)N(C)Cc3ccoc3)N(Cc3cc(F)ccc3F)C2)cc1. The number of amides is 1. The van der Waals surface area contributed by atoms with E-state index in [1.165, 1.54) is 6.07 Å². The highest BCUT2D eigenvalue weighted by atomic mass is 32.2. The lowest BCUT2D eigenvalue weighted by Gasteiger charge is -2.27. The molecule has 2 heterocycles. The van der Waals surface area contributed by atoms with Crippen LogP contribution in [0.2, 0.25) is 0 Å². The third kappa shape index (κ3) is 5.75. The van der Waals surface area contributed by atoms with Gasteiger partial charge in [-0.25, -0.2) is 8.78 Å². The highest BCUT2D eigenvalue weighted by Gasteiger charge is 2.39. The van der Waals surface area contributed by atoms with Gasteiger partial charge in [0, 0.05) is 48.0 Å². The molecule has 1 aliphatic heterocycles. The molecule has 0 unspecified atom stereocenters. The molecular formula is C25H26F2N2O3S. The molecule has 33 heavy (non-hydrogen) atoms. The van der Waals surface area contributed by atoms with E-state index in [9.17, 15) is 13.6 Å². The van der Waals surface area contributed by atoms with Crippen LogP contribution < -0.4 is 4.74 Å². The van der Waals surface area contributed by atoms with Crippen LogP contribution >= 0.6 is 11.8 Å². The maximum absolute atomic E-state index is 14.4. The molecule has 4 rings (SSSR count). The van der Waals surface area contributed by atoms with E-state index in [0.29, 0.717) is 19.5 Å². The number of hydrogen-bond donors (Lipinski definition) is 0. The van der Waals surface area contributed by atoms with E-state index in [1.54, 1.807) is 43.3 Å². The number of nitrogens with zero attached hydrogens (tertiary/aromatic N) is 2. The summed E-state index contributed by atoms with van der Waals surface area (Å²) in [4.78, 5) is 18.0. The topological polar surface area (TPSA) is 45.9 Å². The van der Waals surface area contributed by atoms with Crippen molar-refractivity contribution in [1.29, 1.82) is 0 Å². The predicted molar refractivity (Wildman–Crippen MR) is 123 cm³/mol. The minimum atomic E-state index is -0.491. The highest BCUT2D eigenvalue weighted by molar-refractivity contribution is 8.00. The van der Waals surface area contributed by atoms with Crippen molar-refractivity contribution in [2.45, 2.75) is 35.7 Å². The van der Waals surface area contributed by atoms with Crippen LogP contribution in [-0.2, 0) is 17.9 Å². The third-order valence-electron chi connectivity index (χ3n) is 5.77. The van der Waals surface area contributed by atoms with Gasteiger partial charge in [0.15, 0.2) is 0 Å². The molecule has 1 fully saturated rings. The van der Waals surface area contributed by atoms with E-state index in [0.717, 1.165) is 28.3 Å². The summed E-state index contributed by atoms with van der Waals surface area (Å²) in [5, 5.41) is 0.131. The molecule has 1 aromatic heterocycles. The quantitative estimate of drug-likeness (QED) is 0.464. The lowest BCUT2D eigenvalue weighted by atomic mass is 10.1. The van der Waals surface area contributed by atoms with Gasteiger partial charge >= 0.3 is 0 Å². The number of likely N-dealkylation sites (tertiary alicyclic amines) is 1. The van der Waals surface area contributed by atoms with Crippen molar-refractivity contribution in [3.8, 4) is 5.75 Å². The van der Waals surface area contributed by atoms with Gasteiger partial charge < -0.3 is 14.1 Å². The Morgan fingerprint density at radius 3 is 2.70 bits per heavy atom. The number of hydrogen-bond acceptors (Lipinski definition) is 5. The first-order chi connectivity index (χ1) is 15.9. The Kier molecular flexibility index (Phi) is 7.35. The molecular weight excluding hydrogens is 446 g/mol. The second-order valence-corrected chi connectivity index (χ2v) is 9.53. The van der Waals surface area contributed by atoms with Crippen LogP contribution in [0.15, 0.2) is 70.4 Å². The largest absolute Gasteiger partial charge is 0.497 e. The Morgan fingerprint density at radius 1 is 1.21 bits per heavy atom. The van der Waals surface area contributed by atoms with Crippen LogP contribution in [0.5, 0.6) is 5.75 Å². The zero-order chi connectivity index (χ0) is 23.4. The highest BCUT2D eigenvalue weighted by Crippen LogP contribution is 2.35. The lowest BCUT2D eigenvalue weighted by molar-refractivity contribution is -0.135. The van der Waals surface area contributed by atoms with Crippen molar-refractivity contribution < 1.29 is 22.7 Å². The molecule has 3 aromatic rings. The summed E-state index contributed by atoms with van der Waals surface area (Å²) < 4.78 is 38.4. The Labute approximate surface area is 196 Å². The molecule has 0 radical (unpaired) electrons. The van der Waals surface area contributed by atoms with Crippen LogP contribution in [-0.4, -0.2) is 47.7 Å². The van der Waals surface area contributed by atoms with Crippen molar-refractivity contribution in [3.05, 3.63) is 83.8 Å². The molecule has 1 aliphatic rings. The van der Waals surface area contributed by atoms with Gasteiger partial charge in [-0.3, -0.25) is 9.69 Å². The second kappa shape index (κ2) is 10.4. The second-order valence-electron chi connectivity index (χ2n) is 8.16. The van der Waals surface area contributed by atoms with Gasteiger partial charge in [0.2, 0.25) is 5.91 Å². The van der Waals surface area contributed by atoms with Gasteiger partial charge in [0.1, 0.15) is 17.4 Å². The van der Waals surface area contributed by atoms with E-state index < -0.39 is 17.7 Å². The molecule has 8 heteroatoms. The molecule has 0 bridgehead atoms. The number of rotatable bonds is 8. The van der Waals surface area contributed by atoms with Crippen LogP contribution in [0, 0.1) is 11.6 Å². The number of likely N-dealkylation sites (N-methyl/N-ethyl adjacent to an activating group) is 1. The van der Waals surface area contributed by atoms with Gasteiger partial charge in [-0.1, -0.05) is 0 Å². The van der Waals surface area contributed by atoms with Crippen molar-refractivity contribution in [3.63, 3.8) is 0 Å². The molecule has 0 spiro atoms. The summed E-state index contributed by atoms with van der Waals surface area (Å²) in [6.45, 7) is 1.17. The van der Waals surface area contributed by atoms with Crippen molar-refractivity contribution in [1.82, 2.24) is 9.80 Å². The molecule has 1 amide bonds. The van der Waals surface area contributed by atoms with E-state index in [1.807, 2.05) is 35.2 Å². The number of ether oxygens (including phenoxy) is 1. The third-order valence-corrected chi connectivity index (χ3v) is 6.99. The summed E-state index contributed by atoms with van der Waals surface area (Å²) in [7, 11) is 3.37. The van der Waals surface area contributed by atoms with Gasteiger partial charge in [-0.15, -0.1) is 11.8 Å². The van der Waals surface area contributed by atoms with Crippen LogP contribution in [0.4, 0.5) is 8.78 Å². The number of halogens is 2.